The highest BCUT2D eigenvalue weighted by molar-refractivity contribution is 14.0. The van der Waals surface area contributed by atoms with Crippen molar-refractivity contribution in [3.63, 3.8) is 0 Å². The number of benzene rings is 1. The highest BCUT2D eigenvalue weighted by Gasteiger charge is 2.22. The third-order valence-electron chi connectivity index (χ3n) is 4.83. The molecule has 7 heteroatoms. The minimum Gasteiger partial charge on any atom is -0.352 e. The summed E-state index contributed by atoms with van der Waals surface area (Å²) in [4.78, 5) is 19.2. The average molecular weight is 512 g/mol. The summed E-state index contributed by atoms with van der Waals surface area (Å²) in [5, 5.41) is 9.73. The first-order valence-corrected chi connectivity index (χ1v) is 10.4. The molecule has 0 spiro atoms. The molecule has 3 rings (SSSR count). The predicted molar refractivity (Wildman–Crippen MR) is 129 cm³/mol. The van der Waals surface area contributed by atoms with E-state index in [2.05, 4.69) is 40.0 Å². The van der Waals surface area contributed by atoms with Gasteiger partial charge in [0, 0.05) is 35.0 Å². The fourth-order valence-corrected chi connectivity index (χ4v) is 4.18. The quantitative estimate of drug-likeness (QED) is 0.300. The van der Waals surface area contributed by atoms with Crippen molar-refractivity contribution in [2.24, 2.45) is 10.9 Å². The second-order valence-electron chi connectivity index (χ2n) is 6.96. The van der Waals surface area contributed by atoms with Gasteiger partial charge in [-0.05, 0) is 49.6 Å². The number of hydrogen-bond donors (Lipinski definition) is 3. The molecule has 1 amide bonds. The van der Waals surface area contributed by atoms with Crippen LogP contribution in [-0.4, -0.2) is 18.9 Å². The summed E-state index contributed by atoms with van der Waals surface area (Å²) in [7, 11) is 1.77. The van der Waals surface area contributed by atoms with Gasteiger partial charge in [-0.1, -0.05) is 25.0 Å². The second kappa shape index (κ2) is 11.4. The molecule has 1 heterocycles. The number of anilines is 1. The molecule has 152 valence electrons. The Morgan fingerprint density at radius 2 is 1.89 bits per heavy atom. The van der Waals surface area contributed by atoms with E-state index >= 15 is 0 Å². The van der Waals surface area contributed by atoms with Crippen LogP contribution in [0.4, 0.5) is 5.69 Å². The molecule has 1 fully saturated rings. The van der Waals surface area contributed by atoms with Gasteiger partial charge in [-0.2, -0.15) is 0 Å². The molecule has 0 unspecified atom stereocenters. The number of nitrogens with one attached hydrogen (secondary N) is 3. The Bertz CT molecular complexity index is 799. The standard InChI is InChI=1S/C21H28N4OS.HI/c1-15-10-11-19(27-15)14-24-21(22-2)23-13-16-6-5-9-18(12-16)25-20(26)17-7-3-4-8-17;/h5-6,9-12,17H,3-4,7-8,13-14H2,1-2H3,(H,25,26)(H2,22,23,24);1H. The predicted octanol–water partition coefficient (Wildman–Crippen LogP) is 4.67. The molecule has 1 aliphatic rings. The van der Waals surface area contributed by atoms with Crippen LogP contribution in [0.5, 0.6) is 0 Å². The number of aliphatic imine (C=N–C) groups is 1. The number of carbonyl (C=O) groups is 1. The molecule has 1 aromatic carbocycles. The minimum atomic E-state index is 0. The van der Waals surface area contributed by atoms with Gasteiger partial charge in [-0.15, -0.1) is 35.3 Å². The van der Waals surface area contributed by atoms with Gasteiger partial charge in [0.25, 0.3) is 0 Å². The number of hydrogen-bond acceptors (Lipinski definition) is 3. The van der Waals surface area contributed by atoms with Crippen molar-refractivity contribution < 1.29 is 4.79 Å². The fourth-order valence-electron chi connectivity index (χ4n) is 3.35. The van der Waals surface area contributed by atoms with Crippen molar-refractivity contribution >= 4 is 52.9 Å². The van der Waals surface area contributed by atoms with Gasteiger partial charge in [0.1, 0.15) is 0 Å². The van der Waals surface area contributed by atoms with Gasteiger partial charge in [0.2, 0.25) is 5.91 Å². The maximum Gasteiger partial charge on any atom is 0.227 e. The van der Waals surface area contributed by atoms with Crippen LogP contribution in [-0.2, 0) is 17.9 Å². The molecule has 5 nitrogen and oxygen atoms in total. The van der Waals surface area contributed by atoms with Crippen LogP contribution >= 0.6 is 35.3 Å². The molecule has 0 aliphatic heterocycles. The number of thiophene rings is 1. The number of guanidine groups is 1. The van der Waals surface area contributed by atoms with E-state index in [0.717, 1.165) is 36.6 Å². The highest BCUT2D eigenvalue weighted by Crippen LogP contribution is 2.26. The zero-order valence-electron chi connectivity index (χ0n) is 16.5. The Hall–Kier alpha value is -1.61. The Kier molecular flexibility index (Phi) is 9.24. The van der Waals surface area contributed by atoms with E-state index in [9.17, 15) is 4.79 Å². The molecule has 0 bridgehead atoms. The largest absolute Gasteiger partial charge is 0.352 e. The molecule has 0 saturated heterocycles. The monoisotopic (exact) mass is 512 g/mol. The second-order valence-corrected chi connectivity index (χ2v) is 8.34. The summed E-state index contributed by atoms with van der Waals surface area (Å²) in [5.74, 6) is 1.10. The van der Waals surface area contributed by atoms with Crippen molar-refractivity contribution in [3.05, 3.63) is 51.7 Å². The zero-order valence-corrected chi connectivity index (χ0v) is 19.6. The highest BCUT2D eigenvalue weighted by atomic mass is 127. The number of amides is 1. The average Bonchev–Trinajstić information content (AvgIpc) is 3.34. The number of nitrogens with zero attached hydrogens (tertiary/aromatic N) is 1. The number of aryl methyl sites for hydroxylation is 1. The molecule has 3 N–H and O–H groups in total. The lowest BCUT2D eigenvalue weighted by Gasteiger charge is -2.13. The summed E-state index contributed by atoms with van der Waals surface area (Å²) in [6.45, 7) is 3.52. The van der Waals surface area contributed by atoms with E-state index in [1.807, 2.05) is 24.3 Å². The number of halogens is 1. The first-order chi connectivity index (χ1) is 13.1. The van der Waals surface area contributed by atoms with E-state index < -0.39 is 0 Å². The molecular formula is C21H29IN4OS. The topological polar surface area (TPSA) is 65.5 Å². The lowest BCUT2D eigenvalue weighted by molar-refractivity contribution is -0.119. The van der Waals surface area contributed by atoms with Gasteiger partial charge in [-0.3, -0.25) is 9.79 Å². The smallest absolute Gasteiger partial charge is 0.227 e. The van der Waals surface area contributed by atoms with E-state index in [0.29, 0.717) is 6.54 Å². The maximum atomic E-state index is 12.3. The third-order valence-corrected chi connectivity index (χ3v) is 5.83. The lowest BCUT2D eigenvalue weighted by atomic mass is 10.1. The van der Waals surface area contributed by atoms with Crippen LogP contribution in [0.2, 0.25) is 0 Å². The Balaban J connectivity index is 0.00000280. The van der Waals surface area contributed by atoms with E-state index in [4.69, 9.17) is 0 Å². The number of carbonyl (C=O) groups excluding carboxylic acids is 1. The molecule has 1 saturated carbocycles. The molecule has 2 aromatic rings. The van der Waals surface area contributed by atoms with Crippen LogP contribution in [0.1, 0.15) is 41.0 Å². The zero-order chi connectivity index (χ0) is 19.1. The maximum absolute atomic E-state index is 12.3. The fraction of sp³-hybridized carbons (Fsp3) is 0.429. The SMILES string of the molecule is CN=C(NCc1cccc(NC(=O)C2CCCC2)c1)NCc1ccc(C)s1.I. The van der Waals surface area contributed by atoms with Crippen LogP contribution in [0.3, 0.4) is 0 Å². The first kappa shape index (κ1) is 22.7. The minimum absolute atomic E-state index is 0. The summed E-state index contributed by atoms with van der Waals surface area (Å²) >= 11 is 1.79. The van der Waals surface area contributed by atoms with Gasteiger partial charge in [-0.25, -0.2) is 0 Å². The van der Waals surface area contributed by atoms with Crippen LogP contribution in [0.25, 0.3) is 0 Å². The van der Waals surface area contributed by atoms with Gasteiger partial charge < -0.3 is 16.0 Å². The summed E-state index contributed by atoms with van der Waals surface area (Å²) in [6, 6.07) is 12.3. The van der Waals surface area contributed by atoms with Gasteiger partial charge in [0.05, 0.1) is 6.54 Å². The number of rotatable bonds is 6. The van der Waals surface area contributed by atoms with Gasteiger partial charge in [0.15, 0.2) is 5.96 Å². The van der Waals surface area contributed by atoms with E-state index in [1.165, 1.54) is 22.6 Å². The normalized spacial score (nSPS) is 14.4. The van der Waals surface area contributed by atoms with Crippen LogP contribution in [0.15, 0.2) is 41.4 Å². The summed E-state index contributed by atoms with van der Waals surface area (Å²) in [5.41, 5.74) is 1.97. The molecule has 0 radical (unpaired) electrons. The van der Waals surface area contributed by atoms with Gasteiger partial charge >= 0.3 is 0 Å². The molecule has 0 atom stereocenters. The van der Waals surface area contributed by atoms with Crippen molar-refractivity contribution in [1.29, 1.82) is 0 Å². The molecular weight excluding hydrogens is 483 g/mol. The third kappa shape index (κ3) is 6.77. The Morgan fingerprint density at radius 3 is 2.57 bits per heavy atom. The molecule has 1 aliphatic carbocycles. The van der Waals surface area contributed by atoms with Crippen molar-refractivity contribution in [2.75, 3.05) is 12.4 Å². The summed E-state index contributed by atoms with van der Waals surface area (Å²) < 4.78 is 0. The van der Waals surface area contributed by atoms with Crippen molar-refractivity contribution in [1.82, 2.24) is 10.6 Å². The lowest BCUT2D eigenvalue weighted by Crippen LogP contribution is -2.36. The Morgan fingerprint density at radius 1 is 1.14 bits per heavy atom. The van der Waals surface area contributed by atoms with Crippen molar-refractivity contribution in [2.45, 2.75) is 45.7 Å². The molecule has 28 heavy (non-hydrogen) atoms. The summed E-state index contributed by atoms with van der Waals surface area (Å²) in [6.07, 6.45) is 4.36. The van der Waals surface area contributed by atoms with Crippen LogP contribution < -0.4 is 16.0 Å². The first-order valence-electron chi connectivity index (χ1n) is 9.53. The van der Waals surface area contributed by atoms with Crippen LogP contribution in [0, 0.1) is 12.8 Å². The van der Waals surface area contributed by atoms with E-state index in [-0.39, 0.29) is 35.8 Å². The Labute approximate surface area is 188 Å². The van der Waals surface area contributed by atoms with Crippen molar-refractivity contribution in [3.8, 4) is 0 Å². The van der Waals surface area contributed by atoms with E-state index in [1.54, 1.807) is 18.4 Å². The molecule has 1 aromatic heterocycles.